The predicted molar refractivity (Wildman–Crippen MR) is 115 cm³/mol. The number of carbonyl (C=O) groups excluding carboxylic acids is 2. The average Bonchev–Trinajstić information content (AvgIpc) is 3.52. The molecular weight excluding hydrogens is 400 g/mol. The number of imidazole rings is 1. The van der Waals surface area contributed by atoms with Crippen LogP contribution in [-0.2, 0) is 0 Å². The van der Waals surface area contributed by atoms with Crippen molar-refractivity contribution >= 4 is 33.8 Å². The number of aromatic nitrogens is 2. The maximum Gasteiger partial charge on any atom is 0.291 e. The fourth-order valence-electron chi connectivity index (χ4n) is 3.66. The lowest BCUT2D eigenvalue weighted by Gasteiger charge is -2.26. The maximum absolute atomic E-state index is 12.9. The van der Waals surface area contributed by atoms with Crippen LogP contribution in [0.25, 0.3) is 16.2 Å². The molecule has 30 heavy (non-hydrogen) atoms. The lowest BCUT2D eigenvalue weighted by molar-refractivity contribution is 0.0717. The molecular formula is C22H20N4O3S. The number of nitrogens with zero attached hydrogens (tertiary/aromatic N) is 3. The van der Waals surface area contributed by atoms with E-state index in [1.54, 1.807) is 12.1 Å². The van der Waals surface area contributed by atoms with Gasteiger partial charge in [0, 0.05) is 35.9 Å². The van der Waals surface area contributed by atoms with E-state index in [1.165, 1.54) is 24.0 Å². The van der Waals surface area contributed by atoms with Gasteiger partial charge in [0.05, 0.1) is 12.0 Å². The van der Waals surface area contributed by atoms with Gasteiger partial charge in [-0.1, -0.05) is 12.1 Å². The van der Waals surface area contributed by atoms with Crippen molar-refractivity contribution in [2.24, 2.45) is 0 Å². The number of nitrogens with one attached hydrogen (secondary N) is 1. The smallest absolute Gasteiger partial charge is 0.291 e. The summed E-state index contributed by atoms with van der Waals surface area (Å²) in [7, 11) is 0. The van der Waals surface area contributed by atoms with Crippen LogP contribution in [0.3, 0.4) is 0 Å². The minimum atomic E-state index is -0.295. The topological polar surface area (TPSA) is 79.9 Å². The minimum absolute atomic E-state index is 0.0703. The summed E-state index contributed by atoms with van der Waals surface area (Å²) in [5, 5.41) is 4.68. The van der Waals surface area contributed by atoms with Gasteiger partial charge in [0.15, 0.2) is 10.7 Å². The number of rotatable bonds is 4. The molecule has 7 nitrogen and oxygen atoms in total. The van der Waals surface area contributed by atoms with Crippen molar-refractivity contribution in [2.75, 3.05) is 18.4 Å². The van der Waals surface area contributed by atoms with E-state index >= 15 is 0 Å². The van der Waals surface area contributed by atoms with Gasteiger partial charge in [0.25, 0.3) is 11.8 Å². The van der Waals surface area contributed by atoms with Crippen LogP contribution in [0.15, 0.2) is 58.7 Å². The molecule has 0 aliphatic carbocycles. The second-order valence-corrected chi connectivity index (χ2v) is 8.10. The number of thiazole rings is 1. The molecule has 0 saturated carbocycles. The Hall–Kier alpha value is -3.39. The van der Waals surface area contributed by atoms with Gasteiger partial charge in [-0.05, 0) is 43.5 Å². The minimum Gasteiger partial charge on any atom is -0.459 e. The Labute approximate surface area is 176 Å². The number of likely N-dealkylation sites (tertiary alicyclic amines) is 1. The molecule has 0 spiro atoms. The van der Waals surface area contributed by atoms with E-state index in [1.807, 2.05) is 45.1 Å². The van der Waals surface area contributed by atoms with Gasteiger partial charge in [-0.25, -0.2) is 4.98 Å². The molecule has 3 aromatic heterocycles. The SMILES string of the molecule is O=C(Nc1ccc(-c2cn3c(C(=O)N4CCCCC4)csc3n2)cc1)c1ccco1. The van der Waals surface area contributed by atoms with Gasteiger partial charge >= 0.3 is 0 Å². The van der Waals surface area contributed by atoms with E-state index in [0.29, 0.717) is 11.4 Å². The molecule has 1 N–H and O–H groups in total. The van der Waals surface area contributed by atoms with Gasteiger partial charge in [-0.15, -0.1) is 11.3 Å². The molecule has 1 aliphatic heterocycles. The lowest BCUT2D eigenvalue weighted by Crippen LogP contribution is -2.36. The van der Waals surface area contributed by atoms with E-state index in [2.05, 4.69) is 10.3 Å². The van der Waals surface area contributed by atoms with Crippen LogP contribution in [0.2, 0.25) is 0 Å². The monoisotopic (exact) mass is 420 g/mol. The van der Waals surface area contributed by atoms with Gasteiger partial charge in [-0.3, -0.25) is 14.0 Å². The summed E-state index contributed by atoms with van der Waals surface area (Å²) in [4.78, 5) is 32.4. The van der Waals surface area contributed by atoms with E-state index in [9.17, 15) is 9.59 Å². The summed E-state index contributed by atoms with van der Waals surface area (Å²) in [5.41, 5.74) is 3.04. The summed E-state index contributed by atoms with van der Waals surface area (Å²) >= 11 is 1.47. The molecule has 0 unspecified atom stereocenters. The van der Waals surface area contributed by atoms with Crippen molar-refractivity contribution in [1.82, 2.24) is 14.3 Å². The molecule has 1 aliphatic rings. The molecule has 1 aromatic carbocycles. The number of hydrogen-bond donors (Lipinski definition) is 1. The van der Waals surface area contributed by atoms with Crippen LogP contribution in [0.4, 0.5) is 5.69 Å². The van der Waals surface area contributed by atoms with Gasteiger partial charge < -0.3 is 14.6 Å². The molecule has 152 valence electrons. The molecule has 0 bridgehead atoms. The molecule has 1 fully saturated rings. The summed E-state index contributed by atoms with van der Waals surface area (Å²) in [6.07, 6.45) is 6.69. The first kappa shape index (κ1) is 18.6. The number of hydrogen-bond acceptors (Lipinski definition) is 5. The first-order valence-corrected chi connectivity index (χ1v) is 10.8. The van der Waals surface area contributed by atoms with Crippen molar-refractivity contribution in [1.29, 1.82) is 0 Å². The van der Waals surface area contributed by atoms with E-state index < -0.39 is 0 Å². The van der Waals surface area contributed by atoms with E-state index in [-0.39, 0.29) is 17.6 Å². The Morgan fingerprint density at radius 2 is 1.87 bits per heavy atom. The Morgan fingerprint density at radius 3 is 2.60 bits per heavy atom. The molecule has 0 atom stereocenters. The van der Waals surface area contributed by atoms with Crippen molar-refractivity contribution in [2.45, 2.75) is 19.3 Å². The zero-order chi connectivity index (χ0) is 20.5. The van der Waals surface area contributed by atoms with Crippen molar-refractivity contribution in [3.05, 3.63) is 65.7 Å². The lowest BCUT2D eigenvalue weighted by atomic mass is 10.1. The Bertz CT molecular complexity index is 1190. The predicted octanol–water partition coefficient (Wildman–Crippen LogP) is 4.53. The first-order chi connectivity index (χ1) is 14.7. The molecule has 0 radical (unpaired) electrons. The number of piperidine rings is 1. The van der Waals surface area contributed by atoms with Crippen LogP contribution < -0.4 is 5.32 Å². The van der Waals surface area contributed by atoms with Crippen LogP contribution in [-0.4, -0.2) is 39.2 Å². The second-order valence-electron chi connectivity index (χ2n) is 7.26. The molecule has 2 amide bonds. The molecule has 4 heterocycles. The fourth-order valence-corrected chi connectivity index (χ4v) is 4.51. The van der Waals surface area contributed by atoms with E-state index in [0.717, 1.165) is 42.1 Å². The van der Waals surface area contributed by atoms with Crippen LogP contribution in [0.5, 0.6) is 0 Å². The van der Waals surface area contributed by atoms with Crippen LogP contribution >= 0.6 is 11.3 Å². The number of anilines is 1. The Kier molecular flexibility index (Phi) is 4.84. The fraction of sp³-hybridized carbons (Fsp3) is 0.227. The summed E-state index contributed by atoms with van der Waals surface area (Å²) < 4.78 is 6.98. The van der Waals surface area contributed by atoms with Gasteiger partial charge in [0.1, 0.15) is 5.69 Å². The third kappa shape index (κ3) is 3.50. The van der Waals surface area contributed by atoms with Crippen molar-refractivity contribution in [3.8, 4) is 11.3 Å². The van der Waals surface area contributed by atoms with Gasteiger partial charge in [0.2, 0.25) is 0 Å². The highest BCUT2D eigenvalue weighted by Gasteiger charge is 2.22. The number of amides is 2. The van der Waals surface area contributed by atoms with Crippen LogP contribution in [0, 0.1) is 0 Å². The average molecular weight is 420 g/mol. The van der Waals surface area contributed by atoms with Gasteiger partial charge in [-0.2, -0.15) is 0 Å². The third-order valence-electron chi connectivity index (χ3n) is 5.25. The highest BCUT2D eigenvalue weighted by molar-refractivity contribution is 7.15. The summed E-state index contributed by atoms with van der Waals surface area (Å²) in [5.74, 6) is 0.0383. The molecule has 5 rings (SSSR count). The highest BCUT2D eigenvalue weighted by atomic mass is 32.1. The van der Waals surface area contributed by atoms with Crippen LogP contribution in [0.1, 0.15) is 40.3 Å². The molecule has 1 saturated heterocycles. The number of benzene rings is 1. The number of carbonyl (C=O) groups is 2. The Balaban J connectivity index is 1.35. The second kappa shape index (κ2) is 7.79. The molecule has 8 heteroatoms. The summed E-state index contributed by atoms with van der Waals surface area (Å²) in [6.45, 7) is 1.64. The summed E-state index contributed by atoms with van der Waals surface area (Å²) in [6, 6.07) is 10.7. The molecule has 4 aromatic rings. The zero-order valence-corrected chi connectivity index (χ0v) is 17.0. The van der Waals surface area contributed by atoms with Crippen molar-refractivity contribution in [3.63, 3.8) is 0 Å². The van der Waals surface area contributed by atoms with E-state index in [4.69, 9.17) is 4.42 Å². The maximum atomic E-state index is 12.9. The standard InChI is InChI=1S/C22H20N4O3S/c27-20(19-5-4-12-29-19)23-16-8-6-15(7-9-16)17-13-26-18(14-30-22(26)24-17)21(28)25-10-2-1-3-11-25/h4-9,12-14H,1-3,10-11H2,(H,23,27). The normalized spacial score (nSPS) is 14.2. The number of furan rings is 1. The quantitative estimate of drug-likeness (QED) is 0.526. The highest BCUT2D eigenvalue weighted by Crippen LogP contribution is 2.26. The third-order valence-corrected chi connectivity index (χ3v) is 6.09. The zero-order valence-electron chi connectivity index (χ0n) is 16.2. The Morgan fingerprint density at radius 1 is 1.07 bits per heavy atom. The first-order valence-electron chi connectivity index (χ1n) is 9.90. The number of fused-ring (bicyclic) bond motifs is 1. The largest absolute Gasteiger partial charge is 0.459 e. The van der Waals surface area contributed by atoms with Crippen molar-refractivity contribution < 1.29 is 14.0 Å².